The summed E-state index contributed by atoms with van der Waals surface area (Å²) in [5.41, 5.74) is 2.10. The van der Waals surface area contributed by atoms with Crippen molar-refractivity contribution in [2.75, 3.05) is 12.3 Å². The van der Waals surface area contributed by atoms with E-state index in [2.05, 4.69) is 29.3 Å². The monoisotopic (exact) mass is 253 g/mol. The average Bonchev–Trinajstić information content (AvgIpc) is 2.62. The van der Waals surface area contributed by atoms with Gasteiger partial charge in [0.1, 0.15) is 5.76 Å². The van der Waals surface area contributed by atoms with Crippen molar-refractivity contribution in [2.24, 2.45) is 10.9 Å². The van der Waals surface area contributed by atoms with Gasteiger partial charge < -0.3 is 9.84 Å². The van der Waals surface area contributed by atoms with Gasteiger partial charge in [0.25, 0.3) is 0 Å². The lowest BCUT2D eigenvalue weighted by atomic mass is 10.1. The van der Waals surface area contributed by atoms with Gasteiger partial charge in [0, 0.05) is 17.9 Å². The fourth-order valence-corrected chi connectivity index (χ4v) is 2.98. The summed E-state index contributed by atoms with van der Waals surface area (Å²) in [6, 6.07) is 0.195. The van der Waals surface area contributed by atoms with Crippen molar-refractivity contribution in [3.63, 3.8) is 0 Å². The first-order valence-corrected chi connectivity index (χ1v) is 6.93. The Balaban J connectivity index is 2.05. The topological polar surface area (TPSA) is 50.4 Å². The third-order valence-electron chi connectivity index (χ3n) is 2.91. The first-order chi connectivity index (χ1) is 8.08. The van der Waals surface area contributed by atoms with Crippen LogP contribution in [0.3, 0.4) is 0 Å². The standard InChI is InChI=1S/C12H19N3OS/c1-7-5-13-12(17-6-7)14-8(2)11-9(3)15-16-10(11)4/h7-8H,5-6H2,1-4H3,(H,13,14). The number of aliphatic imine (C=N–C) groups is 1. The van der Waals surface area contributed by atoms with Gasteiger partial charge in [-0.3, -0.25) is 4.99 Å². The fraction of sp³-hybridized carbons (Fsp3) is 0.667. The maximum absolute atomic E-state index is 5.19. The third-order valence-corrected chi connectivity index (χ3v) is 4.17. The van der Waals surface area contributed by atoms with Crippen LogP contribution >= 0.6 is 11.8 Å². The minimum Gasteiger partial charge on any atom is -0.361 e. The highest BCUT2D eigenvalue weighted by molar-refractivity contribution is 8.13. The Hall–Kier alpha value is -0.970. The molecule has 0 spiro atoms. The Morgan fingerprint density at radius 1 is 1.47 bits per heavy atom. The van der Waals surface area contributed by atoms with Gasteiger partial charge in [-0.05, 0) is 26.7 Å². The summed E-state index contributed by atoms with van der Waals surface area (Å²) in [5.74, 6) is 2.71. The van der Waals surface area contributed by atoms with Crippen LogP contribution in [0.4, 0.5) is 0 Å². The van der Waals surface area contributed by atoms with E-state index in [1.54, 1.807) is 11.8 Å². The van der Waals surface area contributed by atoms with E-state index in [0.717, 1.165) is 34.5 Å². The molecule has 1 N–H and O–H groups in total. The zero-order valence-electron chi connectivity index (χ0n) is 10.8. The van der Waals surface area contributed by atoms with Crippen molar-refractivity contribution >= 4 is 16.9 Å². The number of aromatic nitrogens is 1. The third kappa shape index (κ3) is 2.83. The quantitative estimate of drug-likeness (QED) is 0.880. The second-order valence-electron chi connectivity index (χ2n) is 4.67. The van der Waals surface area contributed by atoms with Crippen molar-refractivity contribution in [3.05, 3.63) is 17.0 Å². The molecule has 0 saturated heterocycles. The first kappa shape index (κ1) is 12.5. The lowest BCUT2D eigenvalue weighted by molar-refractivity contribution is 0.391. The number of hydrogen-bond donors (Lipinski definition) is 1. The molecule has 0 bridgehead atoms. The van der Waals surface area contributed by atoms with Gasteiger partial charge in [-0.2, -0.15) is 0 Å². The minimum atomic E-state index is 0.195. The van der Waals surface area contributed by atoms with Crippen LogP contribution in [-0.2, 0) is 0 Å². The Labute approximate surface area is 106 Å². The van der Waals surface area contributed by atoms with Crippen LogP contribution in [0.2, 0.25) is 0 Å². The van der Waals surface area contributed by atoms with Gasteiger partial charge in [-0.25, -0.2) is 0 Å². The molecule has 4 nitrogen and oxygen atoms in total. The van der Waals surface area contributed by atoms with E-state index >= 15 is 0 Å². The molecule has 0 aromatic carbocycles. The molecule has 1 aromatic heterocycles. The Morgan fingerprint density at radius 3 is 2.76 bits per heavy atom. The second kappa shape index (κ2) is 5.12. The van der Waals surface area contributed by atoms with Gasteiger partial charge in [0.15, 0.2) is 5.17 Å². The molecule has 1 aliphatic heterocycles. The van der Waals surface area contributed by atoms with E-state index in [-0.39, 0.29) is 6.04 Å². The number of nitrogens with one attached hydrogen (secondary N) is 1. The molecule has 17 heavy (non-hydrogen) atoms. The summed E-state index contributed by atoms with van der Waals surface area (Å²) in [6.45, 7) is 9.19. The lowest BCUT2D eigenvalue weighted by Gasteiger charge is -2.21. The predicted molar refractivity (Wildman–Crippen MR) is 71.5 cm³/mol. The Bertz CT molecular complexity index is 408. The normalized spacial score (nSPS) is 22.1. The molecule has 0 fully saturated rings. The van der Waals surface area contributed by atoms with Crippen molar-refractivity contribution < 1.29 is 4.52 Å². The van der Waals surface area contributed by atoms with Crippen molar-refractivity contribution in [1.82, 2.24) is 10.5 Å². The molecular weight excluding hydrogens is 234 g/mol. The molecule has 5 heteroatoms. The van der Waals surface area contributed by atoms with Crippen LogP contribution in [0, 0.1) is 19.8 Å². The first-order valence-electron chi connectivity index (χ1n) is 5.94. The average molecular weight is 253 g/mol. The molecule has 2 rings (SSSR count). The molecule has 1 aliphatic rings. The molecular formula is C12H19N3OS. The van der Waals surface area contributed by atoms with Gasteiger partial charge in [0.05, 0.1) is 11.7 Å². The van der Waals surface area contributed by atoms with E-state index in [1.165, 1.54) is 0 Å². The van der Waals surface area contributed by atoms with Crippen LogP contribution in [0.1, 0.15) is 36.9 Å². The summed E-state index contributed by atoms with van der Waals surface area (Å²) in [7, 11) is 0. The number of nitrogens with zero attached hydrogens (tertiary/aromatic N) is 2. The lowest BCUT2D eigenvalue weighted by Crippen LogP contribution is -2.29. The summed E-state index contributed by atoms with van der Waals surface area (Å²) in [4.78, 5) is 4.54. The molecule has 2 atom stereocenters. The smallest absolute Gasteiger partial charge is 0.157 e. The number of rotatable bonds is 2. The van der Waals surface area contributed by atoms with Gasteiger partial charge in [-0.1, -0.05) is 23.8 Å². The molecule has 2 unspecified atom stereocenters. The van der Waals surface area contributed by atoms with Crippen LogP contribution in [0.15, 0.2) is 9.52 Å². The molecule has 0 amide bonds. The van der Waals surface area contributed by atoms with E-state index in [0.29, 0.717) is 5.92 Å². The highest BCUT2D eigenvalue weighted by Crippen LogP contribution is 2.23. The highest BCUT2D eigenvalue weighted by Gasteiger charge is 2.19. The minimum absolute atomic E-state index is 0.195. The predicted octanol–water partition coefficient (Wildman–Crippen LogP) is 2.68. The van der Waals surface area contributed by atoms with Crippen LogP contribution in [0.5, 0.6) is 0 Å². The number of aryl methyl sites for hydroxylation is 2. The summed E-state index contributed by atoms with van der Waals surface area (Å²) >= 11 is 1.80. The molecule has 0 radical (unpaired) electrons. The zero-order valence-corrected chi connectivity index (χ0v) is 11.6. The second-order valence-corrected chi connectivity index (χ2v) is 5.67. The Morgan fingerprint density at radius 2 is 2.24 bits per heavy atom. The summed E-state index contributed by atoms with van der Waals surface area (Å²) < 4.78 is 5.19. The maximum atomic E-state index is 5.19. The number of hydrogen-bond acceptors (Lipinski definition) is 5. The number of amidine groups is 1. The van der Waals surface area contributed by atoms with Crippen molar-refractivity contribution in [3.8, 4) is 0 Å². The van der Waals surface area contributed by atoms with Gasteiger partial charge in [0.2, 0.25) is 0 Å². The van der Waals surface area contributed by atoms with E-state index in [4.69, 9.17) is 4.52 Å². The van der Waals surface area contributed by atoms with Gasteiger partial charge in [-0.15, -0.1) is 0 Å². The van der Waals surface area contributed by atoms with E-state index in [9.17, 15) is 0 Å². The van der Waals surface area contributed by atoms with Crippen molar-refractivity contribution in [1.29, 1.82) is 0 Å². The molecule has 1 aromatic rings. The molecule has 2 heterocycles. The largest absolute Gasteiger partial charge is 0.361 e. The van der Waals surface area contributed by atoms with Gasteiger partial charge >= 0.3 is 0 Å². The number of thioether (sulfide) groups is 1. The SMILES string of the molecule is Cc1noc(C)c1C(C)NC1=NCC(C)CS1. The molecule has 94 valence electrons. The Kier molecular flexibility index (Phi) is 3.76. The summed E-state index contributed by atoms with van der Waals surface area (Å²) in [6.07, 6.45) is 0. The summed E-state index contributed by atoms with van der Waals surface area (Å²) in [5, 5.41) is 8.45. The maximum Gasteiger partial charge on any atom is 0.157 e. The van der Waals surface area contributed by atoms with Crippen molar-refractivity contribution in [2.45, 2.75) is 33.7 Å². The van der Waals surface area contributed by atoms with Crippen LogP contribution < -0.4 is 5.32 Å². The fourth-order valence-electron chi connectivity index (χ4n) is 2.01. The van der Waals surface area contributed by atoms with Crippen LogP contribution in [0.25, 0.3) is 0 Å². The zero-order chi connectivity index (χ0) is 12.4. The van der Waals surface area contributed by atoms with E-state index < -0.39 is 0 Å². The van der Waals surface area contributed by atoms with Crippen LogP contribution in [-0.4, -0.2) is 22.6 Å². The highest BCUT2D eigenvalue weighted by atomic mass is 32.2. The molecule has 0 aliphatic carbocycles. The van der Waals surface area contributed by atoms with E-state index in [1.807, 2.05) is 13.8 Å². The molecule has 0 saturated carbocycles.